The Kier molecular flexibility index (Phi) is 8.45. The van der Waals surface area contributed by atoms with E-state index in [0.29, 0.717) is 35.1 Å². The minimum atomic E-state index is -0.531. The number of aryl methyl sites for hydroxylation is 2. The number of rotatable bonds is 9. The fraction of sp³-hybridized carbons (Fsp3) is 0.381. The maximum atomic E-state index is 13.7. The average Bonchev–Trinajstić information content (AvgIpc) is 2.64. The molecular weight excluding hydrogens is 385 g/mol. The summed E-state index contributed by atoms with van der Waals surface area (Å²) in [6.07, 6.45) is 0.0495. The van der Waals surface area contributed by atoms with E-state index in [1.54, 1.807) is 12.1 Å². The molecule has 0 radical (unpaired) electrons. The van der Waals surface area contributed by atoms with Gasteiger partial charge in [-0.1, -0.05) is 36.7 Å². The smallest absolute Gasteiger partial charge is 0.261 e. The summed E-state index contributed by atoms with van der Waals surface area (Å²) in [5.74, 6) is 1.43. The number of carbonyl (C=O) groups excluding carboxylic acids is 1. The number of ether oxygens (including phenoxy) is 1. The van der Waals surface area contributed by atoms with E-state index in [2.05, 4.69) is 5.32 Å². The molecule has 0 aliphatic carbocycles. The highest BCUT2D eigenvalue weighted by molar-refractivity contribution is 7.98. The van der Waals surface area contributed by atoms with Gasteiger partial charge in [-0.05, 0) is 49.6 Å². The van der Waals surface area contributed by atoms with Gasteiger partial charge in [0.15, 0.2) is 6.10 Å². The molecule has 0 aromatic heterocycles. The van der Waals surface area contributed by atoms with Gasteiger partial charge >= 0.3 is 0 Å². The average molecular weight is 410 g/mol. The normalized spacial score (nSPS) is 11.9. The van der Waals surface area contributed by atoms with Crippen LogP contribution in [0.25, 0.3) is 0 Å². The van der Waals surface area contributed by atoms with Crippen molar-refractivity contribution in [3.05, 3.63) is 63.9 Å². The first-order valence-corrected chi connectivity index (χ1v) is 10.5. The number of halogens is 2. The second kappa shape index (κ2) is 10.6. The lowest BCUT2D eigenvalue weighted by Crippen LogP contribution is -2.39. The van der Waals surface area contributed by atoms with Crippen molar-refractivity contribution in [2.45, 2.75) is 39.0 Å². The lowest BCUT2D eigenvalue weighted by molar-refractivity contribution is -0.128. The Morgan fingerprint density at radius 1 is 1.30 bits per heavy atom. The van der Waals surface area contributed by atoms with E-state index in [9.17, 15) is 9.18 Å². The SMILES string of the molecule is CC[C@@H](Oc1cc(C)ccc1C)C(=O)NCCSCc1c(F)cccc1Cl. The maximum absolute atomic E-state index is 13.7. The summed E-state index contributed by atoms with van der Waals surface area (Å²) in [5, 5.41) is 3.32. The van der Waals surface area contributed by atoms with E-state index < -0.39 is 6.10 Å². The highest BCUT2D eigenvalue weighted by Crippen LogP contribution is 2.24. The summed E-state index contributed by atoms with van der Waals surface area (Å²) in [5.41, 5.74) is 2.60. The van der Waals surface area contributed by atoms with Gasteiger partial charge in [0.05, 0.1) is 0 Å². The van der Waals surface area contributed by atoms with Crippen LogP contribution < -0.4 is 10.1 Å². The van der Waals surface area contributed by atoms with Crippen LogP contribution in [-0.2, 0) is 10.5 Å². The molecule has 0 aliphatic rings. The molecule has 0 aliphatic heterocycles. The summed E-state index contributed by atoms with van der Waals surface area (Å²) in [7, 11) is 0. The Hall–Kier alpha value is -1.72. The van der Waals surface area contributed by atoms with Gasteiger partial charge in [-0.25, -0.2) is 4.39 Å². The number of hydrogen-bond acceptors (Lipinski definition) is 3. The monoisotopic (exact) mass is 409 g/mol. The third kappa shape index (κ3) is 6.43. The van der Waals surface area contributed by atoms with E-state index in [1.807, 2.05) is 39.0 Å². The molecule has 2 rings (SSSR count). The van der Waals surface area contributed by atoms with Crippen LogP contribution in [0.3, 0.4) is 0 Å². The van der Waals surface area contributed by atoms with Gasteiger partial charge in [-0.15, -0.1) is 0 Å². The minimum absolute atomic E-state index is 0.136. The molecule has 0 saturated heterocycles. The van der Waals surface area contributed by atoms with Crippen molar-refractivity contribution in [2.24, 2.45) is 0 Å². The molecule has 2 aromatic rings. The Labute approximate surface area is 169 Å². The number of benzene rings is 2. The molecule has 0 fully saturated rings. The molecule has 1 atom stereocenters. The van der Waals surface area contributed by atoms with Crippen LogP contribution in [0.5, 0.6) is 5.75 Å². The van der Waals surface area contributed by atoms with Gasteiger partial charge in [-0.3, -0.25) is 4.79 Å². The maximum Gasteiger partial charge on any atom is 0.261 e. The molecular formula is C21H25ClFNO2S. The van der Waals surface area contributed by atoms with Crippen molar-refractivity contribution in [3.63, 3.8) is 0 Å². The zero-order valence-electron chi connectivity index (χ0n) is 15.9. The number of hydrogen-bond donors (Lipinski definition) is 1. The third-order valence-electron chi connectivity index (χ3n) is 4.13. The summed E-state index contributed by atoms with van der Waals surface area (Å²) >= 11 is 7.54. The number of nitrogens with one attached hydrogen (secondary N) is 1. The molecule has 2 aromatic carbocycles. The largest absolute Gasteiger partial charge is 0.480 e. The first-order valence-electron chi connectivity index (χ1n) is 8.94. The molecule has 146 valence electrons. The van der Waals surface area contributed by atoms with Crippen molar-refractivity contribution in [3.8, 4) is 5.75 Å². The van der Waals surface area contributed by atoms with Crippen molar-refractivity contribution < 1.29 is 13.9 Å². The predicted molar refractivity (Wildman–Crippen MR) is 111 cm³/mol. The van der Waals surface area contributed by atoms with Crippen LogP contribution in [-0.4, -0.2) is 24.3 Å². The van der Waals surface area contributed by atoms with E-state index in [1.165, 1.54) is 17.8 Å². The standard InChI is InChI=1S/C21H25ClFNO2S/c1-4-19(26-20-12-14(2)8-9-15(20)3)21(25)24-10-11-27-13-16-17(22)6-5-7-18(16)23/h5-9,12,19H,4,10-11,13H2,1-3H3,(H,24,25)/t19-/m1/s1. The lowest BCUT2D eigenvalue weighted by atomic mass is 10.1. The molecule has 3 nitrogen and oxygen atoms in total. The van der Waals surface area contributed by atoms with Gasteiger partial charge in [0.2, 0.25) is 0 Å². The molecule has 0 saturated carbocycles. The Morgan fingerprint density at radius 3 is 2.78 bits per heavy atom. The van der Waals surface area contributed by atoms with Gasteiger partial charge in [0, 0.05) is 28.6 Å². The Balaban J connectivity index is 1.79. The third-order valence-corrected chi connectivity index (χ3v) is 5.47. The van der Waals surface area contributed by atoms with Gasteiger partial charge in [0.1, 0.15) is 11.6 Å². The van der Waals surface area contributed by atoms with E-state index in [-0.39, 0.29) is 11.7 Å². The first-order chi connectivity index (χ1) is 12.9. The molecule has 0 unspecified atom stereocenters. The van der Waals surface area contributed by atoms with Gasteiger partial charge in [0.25, 0.3) is 5.91 Å². The highest BCUT2D eigenvalue weighted by atomic mass is 35.5. The van der Waals surface area contributed by atoms with Crippen LogP contribution in [0.4, 0.5) is 4.39 Å². The van der Waals surface area contributed by atoms with E-state index in [0.717, 1.165) is 16.9 Å². The van der Waals surface area contributed by atoms with Crippen molar-refractivity contribution >= 4 is 29.3 Å². The van der Waals surface area contributed by atoms with E-state index >= 15 is 0 Å². The van der Waals surface area contributed by atoms with Gasteiger partial charge < -0.3 is 10.1 Å². The van der Waals surface area contributed by atoms with Crippen LogP contribution in [0.2, 0.25) is 5.02 Å². The molecule has 1 N–H and O–H groups in total. The summed E-state index contributed by atoms with van der Waals surface area (Å²) in [6.45, 7) is 6.36. The summed E-state index contributed by atoms with van der Waals surface area (Å²) in [4.78, 5) is 12.4. The zero-order chi connectivity index (χ0) is 19.8. The van der Waals surface area contributed by atoms with Crippen LogP contribution in [0.15, 0.2) is 36.4 Å². The number of amides is 1. The number of thioether (sulfide) groups is 1. The molecule has 0 spiro atoms. The molecule has 0 heterocycles. The lowest BCUT2D eigenvalue weighted by Gasteiger charge is -2.19. The van der Waals surface area contributed by atoms with Crippen molar-refractivity contribution in [1.82, 2.24) is 5.32 Å². The molecule has 1 amide bonds. The van der Waals surface area contributed by atoms with E-state index in [4.69, 9.17) is 16.3 Å². The quantitative estimate of drug-likeness (QED) is 0.571. The summed E-state index contributed by atoms with van der Waals surface area (Å²) in [6, 6.07) is 10.6. The topological polar surface area (TPSA) is 38.3 Å². The first kappa shape index (κ1) is 21.6. The van der Waals surface area contributed by atoms with Gasteiger partial charge in [-0.2, -0.15) is 11.8 Å². The second-order valence-corrected chi connectivity index (χ2v) is 7.84. The Bertz CT molecular complexity index is 765. The second-order valence-electron chi connectivity index (χ2n) is 6.33. The molecule has 0 bridgehead atoms. The summed E-state index contributed by atoms with van der Waals surface area (Å²) < 4.78 is 19.6. The molecule has 6 heteroatoms. The Morgan fingerprint density at radius 2 is 2.07 bits per heavy atom. The fourth-order valence-electron chi connectivity index (χ4n) is 2.51. The van der Waals surface area contributed by atoms with Crippen LogP contribution in [0.1, 0.15) is 30.0 Å². The highest BCUT2D eigenvalue weighted by Gasteiger charge is 2.18. The predicted octanol–water partition coefficient (Wildman–Crippen LogP) is 5.30. The number of carbonyl (C=O) groups is 1. The van der Waals surface area contributed by atoms with Crippen molar-refractivity contribution in [1.29, 1.82) is 0 Å². The van der Waals surface area contributed by atoms with Crippen LogP contribution in [0, 0.1) is 19.7 Å². The fourth-order valence-corrected chi connectivity index (χ4v) is 3.71. The van der Waals surface area contributed by atoms with Crippen molar-refractivity contribution in [2.75, 3.05) is 12.3 Å². The minimum Gasteiger partial charge on any atom is -0.480 e. The molecule has 27 heavy (non-hydrogen) atoms. The zero-order valence-corrected chi connectivity index (χ0v) is 17.4. The van der Waals surface area contributed by atoms with Crippen LogP contribution >= 0.6 is 23.4 Å².